The molecule has 0 aliphatic rings. The molecule has 0 heterocycles. The lowest BCUT2D eigenvalue weighted by molar-refractivity contribution is -0.270. The lowest BCUT2D eigenvalue weighted by Crippen LogP contribution is -2.16. The van der Waals surface area contributed by atoms with Gasteiger partial charge >= 0.3 is 5.97 Å². The Balaban J connectivity index is 2.23. The van der Waals surface area contributed by atoms with E-state index >= 15 is 0 Å². The summed E-state index contributed by atoms with van der Waals surface area (Å²) in [5, 5.41) is 0. The monoisotopic (exact) mass is 298 g/mol. The number of hydrogen-bond donors (Lipinski definition) is 0. The fourth-order valence-electron chi connectivity index (χ4n) is 1.84. The van der Waals surface area contributed by atoms with E-state index in [1.165, 1.54) is 0 Å². The largest absolute Gasteiger partial charge is 0.373 e. The second kappa shape index (κ2) is 7.52. The van der Waals surface area contributed by atoms with Gasteiger partial charge in [-0.2, -0.15) is 4.89 Å². The molecule has 1 unspecified atom stereocenters. The summed E-state index contributed by atoms with van der Waals surface area (Å²) in [4.78, 5) is 34.4. The van der Waals surface area contributed by atoms with Crippen LogP contribution in [0, 0.1) is 0 Å². The van der Waals surface area contributed by atoms with Crippen molar-refractivity contribution in [1.82, 2.24) is 0 Å². The summed E-state index contributed by atoms with van der Waals surface area (Å²) in [6.45, 7) is 3.72. The summed E-state index contributed by atoms with van der Waals surface area (Å²) >= 11 is 0. The predicted octanol–water partition coefficient (Wildman–Crippen LogP) is 3.80. The van der Waals surface area contributed by atoms with Crippen molar-refractivity contribution in [2.75, 3.05) is 0 Å². The van der Waals surface area contributed by atoms with Crippen LogP contribution in [0.3, 0.4) is 0 Å². The Labute approximate surface area is 129 Å². The van der Waals surface area contributed by atoms with Gasteiger partial charge in [0.05, 0.1) is 5.56 Å². The van der Waals surface area contributed by atoms with Gasteiger partial charge < -0.3 is 0 Å². The Kier molecular flexibility index (Phi) is 5.44. The number of ketones is 1. The highest BCUT2D eigenvalue weighted by Gasteiger charge is 2.20. The Morgan fingerprint density at radius 3 is 2.18 bits per heavy atom. The third kappa shape index (κ3) is 3.80. The fourth-order valence-corrected chi connectivity index (χ4v) is 1.84. The topological polar surface area (TPSA) is 52.6 Å². The lowest BCUT2D eigenvalue weighted by atomic mass is 9.98. The molecule has 4 heteroatoms. The van der Waals surface area contributed by atoms with Crippen molar-refractivity contribution in [3.8, 4) is 0 Å². The minimum atomic E-state index is -0.666. The molecule has 2 aromatic rings. The first kappa shape index (κ1) is 15.9. The van der Waals surface area contributed by atoms with Crippen LogP contribution in [0.4, 0.5) is 0 Å². The molecule has 0 amide bonds. The number of carbonyl (C=O) groups excluding carboxylic acids is 2. The third-order valence-corrected chi connectivity index (χ3v) is 3.29. The lowest BCUT2D eigenvalue weighted by Gasteiger charge is -2.10. The van der Waals surface area contributed by atoms with Gasteiger partial charge in [0.2, 0.25) is 0 Å². The van der Waals surface area contributed by atoms with E-state index in [0.717, 1.165) is 6.42 Å². The van der Waals surface area contributed by atoms with Crippen molar-refractivity contribution in [3.05, 3.63) is 71.3 Å². The molecule has 22 heavy (non-hydrogen) atoms. The van der Waals surface area contributed by atoms with Crippen molar-refractivity contribution < 1.29 is 19.4 Å². The first-order valence-electron chi connectivity index (χ1n) is 7.20. The molecule has 0 aliphatic carbocycles. The Morgan fingerprint density at radius 2 is 1.55 bits per heavy atom. The number of hydrogen-bond acceptors (Lipinski definition) is 4. The number of carbonyl (C=O) groups is 2. The van der Waals surface area contributed by atoms with Crippen LogP contribution in [0.2, 0.25) is 0 Å². The molecule has 0 bridgehead atoms. The SMILES string of the molecule is CCC(C)OOC(=O)c1ccccc1C(=O)c1ccccc1. The minimum Gasteiger partial charge on any atom is -0.293 e. The van der Waals surface area contributed by atoms with E-state index in [9.17, 15) is 9.59 Å². The molecule has 2 rings (SSSR count). The highest BCUT2D eigenvalue weighted by atomic mass is 17.2. The van der Waals surface area contributed by atoms with Gasteiger partial charge in [-0.25, -0.2) is 4.79 Å². The fraction of sp³-hybridized carbons (Fsp3) is 0.222. The van der Waals surface area contributed by atoms with Gasteiger partial charge in [0.1, 0.15) is 6.10 Å². The zero-order chi connectivity index (χ0) is 15.9. The molecule has 1 atom stereocenters. The van der Waals surface area contributed by atoms with Gasteiger partial charge in [-0.3, -0.25) is 9.68 Å². The first-order valence-corrected chi connectivity index (χ1v) is 7.20. The van der Waals surface area contributed by atoms with Crippen LogP contribution in [0.25, 0.3) is 0 Å². The summed E-state index contributed by atoms with van der Waals surface area (Å²) in [7, 11) is 0. The number of benzene rings is 2. The molecule has 0 spiro atoms. The maximum absolute atomic E-state index is 12.5. The second-order valence-corrected chi connectivity index (χ2v) is 4.93. The standard InChI is InChI=1S/C18H18O4/c1-3-13(2)21-22-18(20)16-12-8-7-11-15(16)17(19)14-9-5-4-6-10-14/h4-13H,3H2,1-2H3. The maximum atomic E-state index is 12.5. The predicted molar refractivity (Wildman–Crippen MR) is 82.6 cm³/mol. The van der Waals surface area contributed by atoms with E-state index in [1.54, 1.807) is 55.5 Å². The van der Waals surface area contributed by atoms with Gasteiger partial charge in [-0.05, 0) is 19.4 Å². The van der Waals surface area contributed by atoms with E-state index in [2.05, 4.69) is 0 Å². The molecule has 2 aromatic carbocycles. The molecule has 0 saturated heterocycles. The van der Waals surface area contributed by atoms with Crippen LogP contribution in [0.15, 0.2) is 54.6 Å². The van der Waals surface area contributed by atoms with Gasteiger partial charge in [-0.1, -0.05) is 55.5 Å². The van der Waals surface area contributed by atoms with Crippen LogP contribution in [-0.2, 0) is 9.78 Å². The van der Waals surface area contributed by atoms with Crippen molar-refractivity contribution in [1.29, 1.82) is 0 Å². The first-order chi connectivity index (χ1) is 10.6. The van der Waals surface area contributed by atoms with Crippen molar-refractivity contribution >= 4 is 11.8 Å². The van der Waals surface area contributed by atoms with Crippen LogP contribution in [0.5, 0.6) is 0 Å². The molecule has 0 N–H and O–H groups in total. The summed E-state index contributed by atoms with van der Waals surface area (Å²) in [5.41, 5.74) is 1.01. The van der Waals surface area contributed by atoms with Gasteiger partial charge in [0.25, 0.3) is 0 Å². The summed E-state index contributed by atoms with van der Waals surface area (Å²) < 4.78 is 0. The molecule has 0 radical (unpaired) electrons. The van der Waals surface area contributed by atoms with E-state index in [0.29, 0.717) is 11.1 Å². The zero-order valence-electron chi connectivity index (χ0n) is 12.6. The normalized spacial score (nSPS) is 11.7. The minimum absolute atomic E-state index is 0.194. The van der Waals surface area contributed by atoms with Crippen LogP contribution in [0.1, 0.15) is 46.5 Å². The van der Waals surface area contributed by atoms with E-state index in [4.69, 9.17) is 9.78 Å². The summed E-state index contributed by atoms with van der Waals surface area (Å²) in [5.74, 6) is -0.892. The van der Waals surface area contributed by atoms with Crippen LogP contribution < -0.4 is 0 Å². The van der Waals surface area contributed by atoms with Gasteiger partial charge in [0, 0.05) is 11.1 Å². The Hall–Kier alpha value is -2.46. The quantitative estimate of drug-likeness (QED) is 0.462. The third-order valence-electron chi connectivity index (χ3n) is 3.29. The Morgan fingerprint density at radius 1 is 0.955 bits per heavy atom. The molecule has 0 aromatic heterocycles. The average Bonchev–Trinajstić information content (AvgIpc) is 2.59. The van der Waals surface area contributed by atoms with Gasteiger partial charge in [-0.15, -0.1) is 0 Å². The Bertz CT molecular complexity index is 649. The summed E-state index contributed by atoms with van der Waals surface area (Å²) in [6.07, 6.45) is 0.527. The van der Waals surface area contributed by atoms with E-state index < -0.39 is 5.97 Å². The molecule has 114 valence electrons. The van der Waals surface area contributed by atoms with Crippen molar-refractivity contribution in [2.24, 2.45) is 0 Å². The average molecular weight is 298 g/mol. The number of rotatable bonds is 6. The molecule has 0 saturated carbocycles. The van der Waals surface area contributed by atoms with Crippen LogP contribution in [-0.4, -0.2) is 17.9 Å². The van der Waals surface area contributed by atoms with E-state index in [-0.39, 0.29) is 17.5 Å². The van der Waals surface area contributed by atoms with Crippen molar-refractivity contribution in [3.63, 3.8) is 0 Å². The van der Waals surface area contributed by atoms with Crippen LogP contribution >= 0.6 is 0 Å². The molecule has 4 nitrogen and oxygen atoms in total. The maximum Gasteiger partial charge on any atom is 0.373 e. The molecule has 0 fully saturated rings. The summed E-state index contributed by atoms with van der Waals surface area (Å²) in [6, 6.07) is 15.4. The van der Waals surface area contributed by atoms with Crippen molar-refractivity contribution in [2.45, 2.75) is 26.4 Å². The second-order valence-electron chi connectivity index (χ2n) is 4.93. The van der Waals surface area contributed by atoms with E-state index in [1.807, 2.05) is 13.0 Å². The highest BCUT2D eigenvalue weighted by molar-refractivity contribution is 6.14. The smallest absolute Gasteiger partial charge is 0.293 e. The molecular weight excluding hydrogens is 280 g/mol. The zero-order valence-corrected chi connectivity index (χ0v) is 12.6. The highest BCUT2D eigenvalue weighted by Crippen LogP contribution is 2.16. The molecule has 0 aliphatic heterocycles. The van der Waals surface area contributed by atoms with Gasteiger partial charge in [0.15, 0.2) is 5.78 Å². The molecular formula is C18H18O4.